The Morgan fingerprint density at radius 1 is 1.00 bits per heavy atom. The van der Waals surface area contributed by atoms with Crippen LogP contribution in [-0.2, 0) is 9.59 Å². The van der Waals surface area contributed by atoms with Gasteiger partial charge in [-0.1, -0.05) is 6.07 Å². The molecule has 1 aliphatic rings. The number of urea groups is 1. The van der Waals surface area contributed by atoms with Gasteiger partial charge in [0.1, 0.15) is 11.3 Å². The van der Waals surface area contributed by atoms with Crippen LogP contribution >= 0.6 is 0 Å². The molecule has 1 fully saturated rings. The number of nitrogens with zero attached hydrogens (tertiary/aromatic N) is 1. The maximum atomic E-state index is 12.9. The molecule has 8 heteroatoms. The van der Waals surface area contributed by atoms with Crippen molar-refractivity contribution in [1.82, 2.24) is 5.32 Å². The van der Waals surface area contributed by atoms with Crippen LogP contribution < -0.4 is 19.7 Å². The fourth-order valence-electron chi connectivity index (χ4n) is 2.81. The molecule has 3 rings (SSSR count). The maximum Gasteiger partial charge on any atom is 0.335 e. The average molecular weight is 396 g/mol. The quantitative estimate of drug-likeness (QED) is 0.575. The normalized spacial score (nSPS) is 15.4. The lowest BCUT2D eigenvalue weighted by Gasteiger charge is -2.26. The number of rotatable bonds is 6. The van der Waals surface area contributed by atoms with Crippen molar-refractivity contribution in [2.75, 3.05) is 18.1 Å². The van der Waals surface area contributed by atoms with Crippen LogP contribution in [0.3, 0.4) is 0 Å². The van der Waals surface area contributed by atoms with Crippen LogP contribution in [0.1, 0.15) is 19.4 Å². The van der Waals surface area contributed by atoms with Gasteiger partial charge >= 0.3 is 6.03 Å². The summed E-state index contributed by atoms with van der Waals surface area (Å²) in [7, 11) is 0. The third kappa shape index (κ3) is 4.21. The highest BCUT2D eigenvalue weighted by Crippen LogP contribution is 2.29. The number of anilines is 1. The topological polar surface area (TPSA) is 105 Å². The number of benzene rings is 2. The Kier molecular flexibility index (Phi) is 5.82. The van der Waals surface area contributed by atoms with Crippen molar-refractivity contribution in [1.29, 1.82) is 0 Å². The van der Waals surface area contributed by atoms with Gasteiger partial charge in [-0.25, -0.2) is 9.69 Å². The SMILES string of the molecule is CCOc1ccc(N2C(=O)NC(=O)/C(=C\c3ccc(O)c(OCC)c3)C2=O)cc1. The number of phenols is 1. The number of hydrogen-bond donors (Lipinski definition) is 2. The summed E-state index contributed by atoms with van der Waals surface area (Å²) in [4.78, 5) is 38.3. The van der Waals surface area contributed by atoms with Gasteiger partial charge in [0.2, 0.25) is 0 Å². The molecule has 1 heterocycles. The van der Waals surface area contributed by atoms with Gasteiger partial charge in [-0.05, 0) is 61.9 Å². The Morgan fingerprint density at radius 3 is 2.34 bits per heavy atom. The lowest BCUT2D eigenvalue weighted by Crippen LogP contribution is -2.54. The van der Waals surface area contributed by atoms with Crippen molar-refractivity contribution in [2.24, 2.45) is 0 Å². The number of phenolic OH excluding ortho intramolecular Hbond substituents is 1. The Bertz CT molecular complexity index is 981. The first-order chi connectivity index (χ1) is 13.9. The van der Waals surface area contributed by atoms with E-state index in [9.17, 15) is 19.5 Å². The third-order valence-corrected chi connectivity index (χ3v) is 4.10. The molecule has 2 aromatic rings. The molecule has 0 aromatic heterocycles. The second-order valence-electron chi connectivity index (χ2n) is 6.04. The number of amides is 4. The summed E-state index contributed by atoms with van der Waals surface area (Å²) in [5, 5.41) is 12.0. The smallest absolute Gasteiger partial charge is 0.335 e. The highest BCUT2D eigenvalue weighted by Gasteiger charge is 2.36. The molecular weight excluding hydrogens is 376 g/mol. The molecule has 0 unspecified atom stereocenters. The fraction of sp³-hybridized carbons (Fsp3) is 0.190. The van der Waals surface area contributed by atoms with Crippen LogP contribution in [0.25, 0.3) is 6.08 Å². The molecule has 0 aliphatic carbocycles. The fourth-order valence-corrected chi connectivity index (χ4v) is 2.81. The molecule has 0 saturated carbocycles. The van der Waals surface area contributed by atoms with E-state index in [4.69, 9.17) is 9.47 Å². The summed E-state index contributed by atoms with van der Waals surface area (Å²) in [5.74, 6) is -0.785. The van der Waals surface area contributed by atoms with Crippen LogP contribution in [-0.4, -0.2) is 36.2 Å². The number of nitrogens with one attached hydrogen (secondary N) is 1. The zero-order valence-electron chi connectivity index (χ0n) is 16.0. The zero-order valence-corrected chi connectivity index (χ0v) is 16.0. The van der Waals surface area contributed by atoms with Crippen molar-refractivity contribution in [3.63, 3.8) is 0 Å². The van der Waals surface area contributed by atoms with E-state index in [0.29, 0.717) is 30.2 Å². The molecule has 1 saturated heterocycles. The van der Waals surface area contributed by atoms with E-state index in [2.05, 4.69) is 5.32 Å². The first-order valence-electron chi connectivity index (χ1n) is 9.04. The van der Waals surface area contributed by atoms with Crippen molar-refractivity contribution in [3.8, 4) is 17.2 Å². The van der Waals surface area contributed by atoms with Crippen LogP contribution in [0.2, 0.25) is 0 Å². The van der Waals surface area contributed by atoms with Crippen molar-refractivity contribution in [3.05, 3.63) is 53.6 Å². The zero-order chi connectivity index (χ0) is 21.0. The average Bonchev–Trinajstić information content (AvgIpc) is 2.69. The Morgan fingerprint density at radius 2 is 1.69 bits per heavy atom. The summed E-state index contributed by atoms with van der Waals surface area (Å²) < 4.78 is 10.7. The molecule has 0 atom stereocenters. The standard InChI is InChI=1S/C21H20N2O6/c1-3-28-15-8-6-14(7-9-15)23-20(26)16(19(25)22-21(23)27)11-13-5-10-17(24)18(12-13)29-4-2/h5-12,24H,3-4H2,1-2H3,(H,22,25,27)/b16-11+. The van der Waals surface area contributed by atoms with Gasteiger partial charge in [0.15, 0.2) is 11.5 Å². The summed E-state index contributed by atoms with van der Waals surface area (Å²) in [6, 6.07) is 9.99. The van der Waals surface area contributed by atoms with E-state index in [0.717, 1.165) is 4.90 Å². The van der Waals surface area contributed by atoms with Crippen LogP contribution in [0.5, 0.6) is 17.2 Å². The number of ether oxygens (including phenoxy) is 2. The molecule has 29 heavy (non-hydrogen) atoms. The maximum absolute atomic E-state index is 12.9. The van der Waals surface area contributed by atoms with Crippen molar-refractivity contribution < 1.29 is 29.0 Å². The monoisotopic (exact) mass is 396 g/mol. The number of aromatic hydroxyl groups is 1. The molecule has 1 aliphatic heterocycles. The van der Waals surface area contributed by atoms with E-state index in [1.54, 1.807) is 31.2 Å². The minimum Gasteiger partial charge on any atom is -0.504 e. The number of carbonyl (C=O) groups excluding carboxylic acids is 3. The number of imide groups is 2. The lowest BCUT2D eigenvalue weighted by atomic mass is 10.1. The van der Waals surface area contributed by atoms with Gasteiger partial charge < -0.3 is 14.6 Å². The van der Waals surface area contributed by atoms with Gasteiger partial charge in [-0.3, -0.25) is 14.9 Å². The molecule has 2 aromatic carbocycles. The molecule has 8 nitrogen and oxygen atoms in total. The molecule has 4 amide bonds. The summed E-state index contributed by atoms with van der Waals surface area (Å²) >= 11 is 0. The first-order valence-corrected chi connectivity index (χ1v) is 9.04. The molecule has 150 valence electrons. The van der Waals surface area contributed by atoms with E-state index in [-0.39, 0.29) is 17.1 Å². The van der Waals surface area contributed by atoms with Crippen LogP contribution in [0.15, 0.2) is 48.0 Å². The largest absolute Gasteiger partial charge is 0.504 e. The second-order valence-corrected chi connectivity index (χ2v) is 6.04. The summed E-state index contributed by atoms with van der Waals surface area (Å²) in [6.45, 7) is 4.44. The van der Waals surface area contributed by atoms with Gasteiger partial charge in [0, 0.05) is 0 Å². The van der Waals surface area contributed by atoms with Gasteiger partial charge in [-0.15, -0.1) is 0 Å². The number of hydrogen-bond acceptors (Lipinski definition) is 6. The number of barbiturate groups is 1. The van der Waals surface area contributed by atoms with E-state index < -0.39 is 17.8 Å². The third-order valence-electron chi connectivity index (χ3n) is 4.10. The highest BCUT2D eigenvalue weighted by atomic mass is 16.5. The van der Waals surface area contributed by atoms with E-state index in [1.165, 1.54) is 24.3 Å². The van der Waals surface area contributed by atoms with Crippen LogP contribution in [0, 0.1) is 0 Å². The molecule has 0 radical (unpaired) electrons. The minimum atomic E-state index is -0.831. The molecule has 0 bridgehead atoms. The molecular formula is C21H20N2O6. The highest BCUT2D eigenvalue weighted by molar-refractivity contribution is 6.39. The van der Waals surface area contributed by atoms with E-state index >= 15 is 0 Å². The van der Waals surface area contributed by atoms with Crippen LogP contribution in [0.4, 0.5) is 10.5 Å². The first kappa shape index (κ1) is 19.9. The molecule has 2 N–H and O–H groups in total. The minimum absolute atomic E-state index is 0.0559. The molecule has 0 spiro atoms. The van der Waals surface area contributed by atoms with Crippen molar-refractivity contribution in [2.45, 2.75) is 13.8 Å². The van der Waals surface area contributed by atoms with Gasteiger partial charge in [-0.2, -0.15) is 0 Å². The Balaban J connectivity index is 1.94. The Labute approximate surface area is 167 Å². The van der Waals surface area contributed by atoms with Gasteiger partial charge in [0.25, 0.3) is 11.8 Å². The Hall–Kier alpha value is -3.81. The summed E-state index contributed by atoms with van der Waals surface area (Å²) in [6.07, 6.45) is 1.34. The summed E-state index contributed by atoms with van der Waals surface area (Å²) in [5.41, 5.74) is 0.549. The predicted molar refractivity (Wildman–Crippen MR) is 106 cm³/mol. The second kappa shape index (κ2) is 8.47. The lowest BCUT2D eigenvalue weighted by molar-refractivity contribution is -0.122. The predicted octanol–water partition coefficient (Wildman–Crippen LogP) is 2.86. The van der Waals surface area contributed by atoms with Crippen molar-refractivity contribution >= 4 is 29.6 Å². The number of carbonyl (C=O) groups is 3. The van der Waals surface area contributed by atoms with Gasteiger partial charge in [0.05, 0.1) is 18.9 Å². The van der Waals surface area contributed by atoms with E-state index in [1.807, 2.05) is 6.92 Å².